The number of ether oxygens (including phenoxy) is 2. The van der Waals surface area contributed by atoms with E-state index in [1.165, 1.54) is 22.4 Å². The van der Waals surface area contributed by atoms with Crippen LogP contribution in [0.1, 0.15) is 28.8 Å². The second kappa shape index (κ2) is 14.4. The highest BCUT2D eigenvalue weighted by Crippen LogP contribution is 2.40. The van der Waals surface area contributed by atoms with E-state index in [1.807, 2.05) is 0 Å². The summed E-state index contributed by atoms with van der Waals surface area (Å²) < 4.78 is 11.6. The first-order valence-corrected chi connectivity index (χ1v) is 16.3. The molecule has 11 heteroatoms. The normalized spacial score (nSPS) is 19.1. The van der Waals surface area contributed by atoms with E-state index < -0.39 is 6.10 Å². The maximum absolute atomic E-state index is 12.6. The molecule has 1 amide bonds. The average Bonchev–Trinajstić information content (AvgIpc) is 3.10. The monoisotopic (exact) mass is 635 g/mol. The van der Waals surface area contributed by atoms with E-state index in [-0.39, 0.29) is 30.9 Å². The summed E-state index contributed by atoms with van der Waals surface area (Å²) in [6.45, 7) is 11.5. The Morgan fingerprint density at radius 3 is 2.68 bits per heavy atom. The summed E-state index contributed by atoms with van der Waals surface area (Å²) in [5, 5.41) is 33.4. The molecule has 0 radical (unpaired) electrons. The van der Waals surface area contributed by atoms with Crippen molar-refractivity contribution in [1.82, 2.24) is 14.8 Å². The summed E-state index contributed by atoms with van der Waals surface area (Å²) in [4.78, 5) is 25.9. The summed E-state index contributed by atoms with van der Waals surface area (Å²) in [5.74, 6) is -0.0128. The predicted octanol–water partition coefficient (Wildman–Crippen LogP) is 3.17. The molecule has 1 aromatic heterocycles. The molecule has 0 aliphatic carbocycles. The van der Waals surface area contributed by atoms with Crippen LogP contribution in [-0.4, -0.2) is 104 Å². The van der Waals surface area contributed by atoms with Gasteiger partial charge in [-0.1, -0.05) is 36.9 Å². The van der Waals surface area contributed by atoms with E-state index in [0.717, 1.165) is 42.3 Å². The van der Waals surface area contributed by atoms with Gasteiger partial charge in [0.15, 0.2) is 0 Å². The minimum Gasteiger partial charge on any atom is -0.474 e. The number of anilines is 2. The third-order valence-corrected chi connectivity index (χ3v) is 9.41. The molecule has 244 valence electrons. The van der Waals surface area contributed by atoms with Crippen molar-refractivity contribution in [2.75, 3.05) is 75.4 Å². The van der Waals surface area contributed by atoms with Gasteiger partial charge in [-0.15, -0.1) is 0 Å². The third-order valence-electron chi connectivity index (χ3n) is 9.41. The number of hydrogen-bond donors (Lipinski definition) is 1. The summed E-state index contributed by atoms with van der Waals surface area (Å²) in [6, 6.07) is 16.9. The summed E-state index contributed by atoms with van der Waals surface area (Å²) in [5.41, 5.74) is 5.19. The first-order chi connectivity index (χ1) is 22.9. The molecule has 0 spiro atoms. The van der Waals surface area contributed by atoms with Crippen molar-refractivity contribution in [1.29, 1.82) is 10.5 Å². The van der Waals surface area contributed by atoms with Crippen LogP contribution >= 0.6 is 0 Å². The molecule has 4 heterocycles. The van der Waals surface area contributed by atoms with Gasteiger partial charge in [0.2, 0.25) is 11.8 Å². The van der Waals surface area contributed by atoms with Gasteiger partial charge in [0.05, 0.1) is 49.7 Å². The molecule has 2 fully saturated rings. The number of aryl methyl sites for hydroxylation is 1. The Labute approximate surface area is 275 Å². The Hall–Kier alpha value is -4.68. The van der Waals surface area contributed by atoms with E-state index in [4.69, 9.17) is 14.5 Å². The van der Waals surface area contributed by atoms with Crippen molar-refractivity contribution >= 4 is 28.1 Å². The fourth-order valence-corrected chi connectivity index (χ4v) is 7.12. The molecule has 11 nitrogen and oxygen atoms in total. The number of carbonyl (C=O) groups excluding carboxylic acids is 1. The molecule has 2 saturated heterocycles. The van der Waals surface area contributed by atoms with E-state index in [1.54, 1.807) is 4.90 Å². The van der Waals surface area contributed by atoms with Gasteiger partial charge in [0, 0.05) is 62.5 Å². The fourth-order valence-electron chi connectivity index (χ4n) is 7.12. The topological polar surface area (TPSA) is 129 Å². The van der Waals surface area contributed by atoms with Crippen molar-refractivity contribution in [2.45, 2.75) is 38.5 Å². The fraction of sp³-hybridized carbons (Fsp3) is 0.444. The highest BCUT2D eigenvalue weighted by Gasteiger charge is 2.35. The van der Waals surface area contributed by atoms with Gasteiger partial charge in [0.1, 0.15) is 24.3 Å². The lowest BCUT2D eigenvalue weighted by atomic mass is 9.95. The second-order valence-electron chi connectivity index (χ2n) is 12.4. The van der Waals surface area contributed by atoms with Crippen molar-refractivity contribution in [3.05, 3.63) is 71.4 Å². The zero-order chi connectivity index (χ0) is 32.9. The number of aliphatic hydroxyl groups is 1. The summed E-state index contributed by atoms with van der Waals surface area (Å²) in [7, 11) is 0. The lowest BCUT2D eigenvalue weighted by Gasteiger charge is -2.43. The zero-order valence-corrected chi connectivity index (χ0v) is 26.9. The van der Waals surface area contributed by atoms with Crippen molar-refractivity contribution < 1.29 is 19.4 Å². The first kappa shape index (κ1) is 32.3. The minimum absolute atomic E-state index is 0.0117. The molecule has 3 aliphatic heterocycles. The number of carbonyl (C=O) groups is 1. The standard InChI is InChI=1S/C36H41N7O4/c1-3-33(45)43-15-14-42(21-27(43)10-12-37)35-29-11-13-41(32-9-5-8-26-7-4-6-25(2)34(26)32)23-31(29)39-36(30(35)20-38)47-24-28(44)22-40-16-18-46-19-17-40/h3-9,27-28,44H,1,10-11,13-19,21-24H2,2H3. The van der Waals surface area contributed by atoms with E-state index >= 15 is 0 Å². The highest BCUT2D eigenvalue weighted by molar-refractivity contribution is 5.97. The minimum atomic E-state index is -0.774. The Morgan fingerprint density at radius 2 is 1.94 bits per heavy atom. The number of aromatic nitrogens is 1. The lowest BCUT2D eigenvalue weighted by Crippen LogP contribution is -2.55. The van der Waals surface area contributed by atoms with Crippen LogP contribution in [0.5, 0.6) is 5.88 Å². The number of amides is 1. The number of aliphatic hydroxyl groups excluding tert-OH is 1. The van der Waals surface area contributed by atoms with E-state index in [0.29, 0.717) is 57.9 Å². The third kappa shape index (κ3) is 6.75. The molecular formula is C36H41N7O4. The van der Waals surface area contributed by atoms with Crippen LogP contribution in [0.4, 0.5) is 11.4 Å². The average molecular weight is 636 g/mol. The molecule has 0 bridgehead atoms. The molecule has 6 rings (SSSR count). The number of benzene rings is 2. The SMILES string of the molecule is C=CC(=O)N1CCN(c2c(C#N)c(OCC(O)CN3CCOCC3)nc3c2CCN(c2cccc4cccc(C)c24)C3)CC1CC#N. The molecule has 47 heavy (non-hydrogen) atoms. The maximum atomic E-state index is 12.6. The molecule has 0 saturated carbocycles. The number of piperazine rings is 1. The van der Waals surface area contributed by atoms with Gasteiger partial charge in [0.25, 0.3) is 0 Å². The molecule has 3 aromatic rings. The van der Waals surface area contributed by atoms with Crippen LogP contribution in [0.3, 0.4) is 0 Å². The number of nitrogens with zero attached hydrogens (tertiary/aromatic N) is 7. The Kier molecular flexibility index (Phi) is 9.88. The molecule has 1 N–H and O–H groups in total. The molecule has 3 aliphatic rings. The maximum Gasteiger partial charge on any atom is 0.246 e. The van der Waals surface area contributed by atoms with Gasteiger partial charge in [-0.25, -0.2) is 4.98 Å². The van der Waals surface area contributed by atoms with Crippen molar-refractivity contribution in [3.8, 4) is 18.0 Å². The van der Waals surface area contributed by atoms with Crippen LogP contribution < -0.4 is 14.5 Å². The summed E-state index contributed by atoms with van der Waals surface area (Å²) >= 11 is 0. The molecule has 2 aromatic carbocycles. The van der Waals surface area contributed by atoms with Crippen molar-refractivity contribution in [2.24, 2.45) is 0 Å². The van der Waals surface area contributed by atoms with Crippen LogP contribution in [-0.2, 0) is 22.5 Å². The zero-order valence-electron chi connectivity index (χ0n) is 26.9. The first-order valence-electron chi connectivity index (χ1n) is 16.3. The van der Waals surface area contributed by atoms with Crippen LogP contribution in [0.25, 0.3) is 10.8 Å². The Bertz CT molecular complexity index is 1720. The van der Waals surface area contributed by atoms with Gasteiger partial charge in [-0.05, 0) is 36.4 Å². The Morgan fingerprint density at radius 1 is 1.15 bits per heavy atom. The van der Waals surface area contributed by atoms with Gasteiger partial charge in [-0.3, -0.25) is 9.69 Å². The van der Waals surface area contributed by atoms with Crippen LogP contribution in [0.2, 0.25) is 0 Å². The number of rotatable bonds is 9. The van der Waals surface area contributed by atoms with Gasteiger partial charge < -0.3 is 29.3 Å². The highest BCUT2D eigenvalue weighted by atomic mass is 16.5. The lowest BCUT2D eigenvalue weighted by molar-refractivity contribution is -0.128. The number of hydrogen-bond acceptors (Lipinski definition) is 10. The number of morpholine rings is 1. The predicted molar refractivity (Wildman–Crippen MR) is 179 cm³/mol. The van der Waals surface area contributed by atoms with E-state index in [2.05, 4.69) is 76.7 Å². The largest absolute Gasteiger partial charge is 0.474 e. The second-order valence-corrected chi connectivity index (χ2v) is 12.4. The smallest absolute Gasteiger partial charge is 0.246 e. The van der Waals surface area contributed by atoms with E-state index in [9.17, 15) is 20.4 Å². The van der Waals surface area contributed by atoms with Crippen LogP contribution in [0, 0.1) is 29.6 Å². The number of pyridine rings is 1. The quantitative estimate of drug-likeness (QED) is 0.350. The number of fused-ring (bicyclic) bond motifs is 2. The van der Waals surface area contributed by atoms with Crippen molar-refractivity contribution in [3.63, 3.8) is 0 Å². The van der Waals surface area contributed by atoms with Crippen LogP contribution in [0.15, 0.2) is 49.1 Å². The van der Waals surface area contributed by atoms with Gasteiger partial charge >= 0.3 is 0 Å². The summed E-state index contributed by atoms with van der Waals surface area (Å²) in [6.07, 6.45) is 1.33. The Balaban J connectivity index is 1.36. The molecule has 2 unspecified atom stereocenters. The van der Waals surface area contributed by atoms with Gasteiger partial charge in [-0.2, -0.15) is 10.5 Å². The number of nitriles is 2. The molecular weight excluding hydrogens is 594 g/mol. The number of β-amino-alcohol motifs (C(OH)–C–C–N with tert-alkyl or cyclic N) is 1. The molecule has 2 atom stereocenters.